The third-order valence-corrected chi connectivity index (χ3v) is 7.25. The normalized spacial score (nSPS) is 15.7. The lowest BCUT2D eigenvalue weighted by molar-refractivity contribution is 0.104. The molecule has 0 amide bonds. The van der Waals surface area contributed by atoms with Crippen LogP contribution in [0.5, 0.6) is 17.2 Å². The number of carbonyl (C=O) groups excluding carboxylic acids is 1. The number of phenolic OH excluding ortho intramolecular Hbond substituents is 2. The van der Waals surface area contributed by atoms with Gasteiger partial charge in [-0.25, -0.2) is 0 Å². The van der Waals surface area contributed by atoms with Crippen LogP contribution < -0.4 is 10.1 Å². The number of carbonyl (C=O) groups is 1. The van der Waals surface area contributed by atoms with Gasteiger partial charge in [-0.2, -0.15) is 0 Å². The molecular formula is C27H25NO4S. The highest BCUT2D eigenvalue weighted by Crippen LogP contribution is 2.41. The smallest absolute Gasteiger partial charge is 0.195 e. The van der Waals surface area contributed by atoms with Crippen molar-refractivity contribution in [1.82, 2.24) is 5.32 Å². The molecule has 168 valence electrons. The first-order chi connectivity index (χ1) is 16.1. The molecule has 0 radical (unpaired) electrons. The van der Waals surface area contributed by atoms with Crippen LogP contribution in [0.3, 0.4) is 0 Å². The number of rotatable bonds is 7. The first-order valence-corrected chi connectivity index (χ1v) is 12.0. The molecule has 0 aliphatic carbocycles. The van der Waals surface area contributed by atoms with Crippen LogP contribution in [0.25, 0.3) is 20.5 Å². The van der Waals surface area contributed by atoms with Crippen LogP contribution >= 0.6 is 11.3 Å². The molecule has 1 atom stereocenters. The van der Waals surface area contributed by atoms with Crippen molar-refractivity contribution in [2.45, 2.75) is 25.3 Å². The van der Waals surface area contributed by atoms with Gasteiger partial charge < -0.3 is 20.3 Å². The molecule has 2 heterocycles. The van der Waals surface area contributed by atoms with Gasteiger partial charge in [-0.3, -0.25) is 4.79 Å². The van der Waals surface area contributed by atoms with E-state index in [0.29, 0.717) is 23.8 Å². The molecule has 0 saturated carbocycles. The summed E-state index contributed by atoms with van der Waals surface area (Å²) in [6, 6.07) is 19.7. The van der Waals surface area contributed by atoms with Crippen molar-refractivity contribution >= 4 is 27.2 Å². The molecule has 3 N–H and O–H groups in total. The van der Waals surface area contributed by atoms with E-state index < -0.39 is 0 Å². The van der Waals surface area contributed by atoms with Crippen LogP contribution in [0.1, 0.15) is 35.2 Å². The Kier molecular flexibility index (Phi) is 6.03. The SMILES string of the molecule is O=C(c1ccc(OCCC2CCCN2)cc1)c1c(-c2ccc(O)cc2)sc2cc(O)ccc12. The topological polar surface area (TPSA) is 78.8 Å². The molecule has 1 aromatic heterocycles. The minimum atomic E-state index is -0.0864. The largest absolute Gasteiger partial charge is 0.508 e. The summed E-state index contributed by atoms with van der Waals surface area (Å²) in [6.45, 7) is 1.74. The summed E-state index contributed by atoms with van der Waals surface area (Å²) in [5, 5.41) is 23.9. The molecule has 1 saturated heterocycles. The molecule has 5 rings (SSSR count). The highest BCUT2D eigenvalue weighted by atomic mass is 32.1. The summed E-state index contributed by atoms with van der Waals surface area (Å²) in [5.41, 5.74) is 2.02. The first kappa shape index (κ1) is 21.5. The van der Waals surface area contributed by atoms with Crippen LogP contribution in [0, 0.1) is 0 Å². The van der Waals surface area contributed by atoms with E-state index in [0.717, 1.165) is 39.2 Å². The lowest BCUT2D eigenvalue weighted by Crippen LogP contribution is -2.23. The monoisotopic (exact) mass is 459 g/mol. The Morgan fingerprint density at radius 3 is 2.48 bits per heavy atom. The minimum absolute atomic E-state index is 0.0864. The summed E-state index contributed by atoms with van der Waals surface area (Å²) in [7, 11) is 0. The van der Waals surface area contributed by atoms with E-state index in [-0.39, 0.29) is 17.3 Å². The van der Waals surface area contributed by atoms with Crippen LogP contribution in [0.15, 0.2) is 66.7 Å². The third kappa shape index (κ3) is 4.58. The van der Waals surface area contributed by atoms with Crippen LogP contribution in [0.4, 0.5) is 0 Å². The molecule has 4 aromatic rings. The quantitative estimate of drug-likeness (QED) is 0.308. The molecule has 6 heteroatoms. The first-order valence-electron chi connectivity index (χ1n) is 11.1. The van der Waals surface area contributed by atoms with Crippen LogP contribution in [-0.4, -0.2) is 35.2 Å². The van der Waals surface area contributed by atoms with Gasteiger partial charge in [-0.05, 0) is 98.1 Å². The van der Waals surface area contributed by atoms with Gasteiger partial charge in [-0.15, -0.1) is 11.3 Å². The minimum Gasteiger partial charge on any atom is -0.508 e. The van der Waals surface area contributed by atoms with Crippen molar-refractivity contribution in [2.75, 3.05) is 13.2 Å². The second-order valence-corrected chi connectivity index (χ2v) is 9.37. The molecule has 1 aliphatic heterocycles. The van der Waals surface area contributed by atoms with Crippen LogP contribution in [-0.2, 0) is 0 Å². The summed E-state index contributed by atoms with van der Waals surface area (Å²) in [5.74, 6) is 0.999. The van der Waals surface area contributed by atoms with E-state index in [2.05, 4.69) is 5.32 Å². The van der Waals surface area contributed by atoms with Crippen molar-refractivity contribution in [2.24, 2.45) is 0 Å². The maximum Gasteiger partial charge on any atom is 0.195 e. The Morgan fingerprint density at radius 1 is 1.00 bits per heavy atom. The van der Waals surface area contributed by atoms with E-state index >= 15 is 0 Å². The standard InChI is InChI=1S/C27H25NO4S/c29-20-7-3-18(4-8-20)27-25(23-12-9-21(30)16-24(23)33-27)26(31)17-5-10-22(11-6-17)32-15-13-19-2-1-14-28-19/h3-12,16,19,28-30H,1-2,13-15H2. The number of thiophene rings is 1. The maximum absolute atomic E-state index is 13.6. The number of phenols is 2. The number of benzene rings is 3. The van der Waals surface area contributed by atoms with Crippen molar-refractivity contribution in [1.29, 1.82) is 0 Å². The zero-order valence-corrected chi connectivity index (χ0v) is 18.9. The number of ether oxygens (including phenoxy) is 1. The fraction of sp³-hybridized carbons (Fsp3) is 0.222. The molecule has 0 bridgehead atoms. The van der Waals surface area contributed by atoms with Gasteiger partial charge >= 0.3 is 0 Å². The number of fused-ring (bicyclic) bond motifs is 1. The molecule has 5 nitrogen and oxygen atoms in total. The average molecular weight is 460 g/mol. The summed E-state index contributed by atoms with van der Waals surface area (Å²) >= 11 is 1.45. The van der Waals surface area contributed by atoms with E-state index in [1.54, 1.807) is 54.6 Å². The summed E-state index contributed by atoms with van der Waals surface area (Å²) < 4.78 is 6.72. The maximum atomic E-state index is 13.6. The fourth-order valence-electron chi connectivity index (χ4n) is 4.30. The number of aromatic hydroxyl groups is 2. The predicted octanol–water partition coefficient (Wildman–Crippen LogP) is 5.73. The molecule has 33 heavy (non-hydrogen) atoms. The van der Waals surface area contributed by atoms with Gasteiger partial charge in [0, 0.05) is 32.1 Å². The predicted molar refractivity (Wildman–Crippen MR) is 132 cm³/mol. The Hall–Kier alpha value is -3.35. The van der Waals surface area contributed by atoms with Crippen molar-refractivity contribution < 1.29 is 19.7 Å². The highest BCUT2D eigenvalue weighted by Gasteiger charge is 2.22. The molecule has 1 aliphatic rings. The molecule has 3 aromatic carbocycles. The Balaban J connectivity index is 1.42. The van der Waals surface area contributed by atoms with Gasteiger partial charge in [0.1, 0.15) is 17.2 Å². The van der Waals surface area contributed by atoms with Crippen molar-refractivity contribution in [3.8, 4) is 27.7 Å². The fourth-order valence-corrected chi connectivity index (χ4v) is 5.53. The molecule has 1 unspecified atom stereocenters. The Labute approximate surface area is 196 Å². The van der Waals surface area contributed by atoms with Gasteiger partial charge in [0.25, 0.3) is 0 Å². The lowest BCUT2D eigenvalue weighted by Gasteiger charge is -2.11. The summed E-state index contributed by atoms with van der Waals surface area (Å²) in [4.78, 5) is 14.4. The number of ketones is 1. The molecule has 1 fully saturated rings. The van der Waals surface area contributed by atoms with Gasteiger partial charge in [0.2, 0.25) is 0 Å². The van der Waals surface area contributed by atoms with Crippen molar-refractivity contribution in [3.63, 3.8) is 0 Å². The molecule has 0 spiro atoms. The highest BCUT2D eigenvalue weighted by molar-refractivity contribution is 7.22. The van der Waals surface area contributed by atoms with E-state index in [1.807, 2.05) is 12.1 Å². The zero-order chi connectivity index (χ0) is 22.8. The number of hydrogen-bond donors (Lipinski definition) is 3. The Bertz CT molecular complexity index is 1270. The number of nitrogens with one attached hydrogen (secondary N) is 1. The van der Waals surface area contributed by atoms with Gasteiger partial charge in [0.05, 0.1) is 6.61 Å². The second-order valence-electron chi connectivity index (χ2n) is 8.32. The van der Waals surface area contributed by atoms with E-state index in [9.17, 15) is 15.0 Å². The van der Waals surface area contributed by atoms with Crippen LogP contribution in [0.2, 0.25) is 0 Å². The lowest BCUT2D eigenvalue weighted by atomic mass is 9.97. The number of hydrogen-bond acceptors (Lipinski definition) is 6. The average Bonchev–Trinajstić information content (AvgIpc) is 3.47. The molecular weight excluding hydrogens is 434 g/mol. The van der Waals surface area contributed by atoms with Gasteiger partial charge in [-0.1, -0.05) is 0 Å². The third-order valence-electron chi connectivity index (χ3n) is 6.04. The summed E-state index contributed by atoms with van der Waals surface area (Å²) in [6.07, 6.45) is 3.40. The van der Waals surface area contributed by atoms with Gasteiger partial charge in [0.15, 0.2) is 5.78 Å². The zero-order valence-electron chi connectivity index (χ0n) is 18.1. The van der Waals surface area contributed by atoms with E-state index in [1.165, 1.54) is 24.2 Å². The second kappa shape index (κ2) is 9.25. The Morgan fingerprint density at radius 2 is 1.76 bits per heavy atom. The van der Waals surface area contributed by atoms with Crippen molar-refractivity contribution in [3.05, 3.63) is 77.9 Å². The van der Waals surface area contributed by atoms with E-state index in [4.69, 9.17) is 4.74 Å².